The van der Waals surface area contributed by atoms with Gasteiger partial charge in [-0.1, -0.05) is 23.3 Å². The smallest absolute Gasteiger partial charge is 0.243 e. The van der Waals surface area contributed by atoms with Crippen molar-refractivity contribution in [3.05, 3.63) is 68.9 Å². The van der Waals surface area contributed by atoms with Crippen LogP contribution in [0.3, 0.4) is 0 Å². The fourth-order valence-electron chi connectivity index (χ4n) is 4.68. The maximum atomic E-state index is 13.7. The van der Waals surface area contributed by atoms with Crippen LogP contribution in [0, 0.1) is 0 Å². The summed E-state index contributed by atoms with van der Waals surface area (Å²) in [7, 11) is -2.35. The summed E-state index contributed by atoms with van der Waals surface area (Å²) in [5, 5.41) is 25.5. The van der Waals surface area contributed by atoms with E-state index in [4.69, 9.17) is 9.15 Å². The van der Waals surface area contributed by atoms with Gasteiger partial charge in [-0.2, -0.15) is 4.31 Å². The molecule has 0 radical (unpaired) electrons. The molecule has 4 rings (SSSR count). The molecule has 10 heteroatoms. The quantitative estimate of drug-likeness (QED) is 0.339. The minimum atomic E-state index is -3.68. The van der Waals surface area contributed by atoms with Gasteiger partial charge in [0.25, 0.3) is 0 Å². The Bertz CT molecular complexity index is 1640. The van der Waals surface area contributed by atoms with E-state index in [9.17, 15) is 23.4 Å². The molecule has 1 aromatic heterocycles. The van der Waals surface area contributed by atoms with Crippen LogP contribution in [0.2, 0.25) is 0 Å². The van der Waals surface area contributed by atoms with Gasteiger partial charge in [0, 0.05) is 42.9 Å². The highest BCUT2D eigenvalue weighted by atomic mass is 32.2. The Kier molecular flexibility index (Phi) is 8.72. The van der Waals surface area contributed by atoms with Crippen LogP contribution in [0.5, 0.6) is 17.2 Å². The number of allylic oxidation sites excluding steroid dienone is 4. The molecule has 2 heterocycles. The second-order valence-electron chi connectivity index (χ2n) is 10.3. The third-order valence-corrected chi connectivity index (χ3v) is 8.82. The lowest BCUT2D eigenvalue weighted by Crippen LogP contribution is -2.46. The predicted molar refractivity (Wildman–Crippen MR) is 156 cm³/mol. The maximum Gasteiger partial charge on any atom is 0.243 e. The van der Waals surface area contributed by atoms with Gasteiger partial charge in [0.2, 0.25) is 21.2 Å². The Morgan fingerprint density at radius 1 is 0.975 bits per heavy atom. The Balaban J connectivity index is 1.92. The van der Waals surface area contributed by atoms with Crippen LogP contribution in [0.1, 0.15) is 38.8 Å². The Morgan fingerprint density at radius 2 is 1.55 bits per heavy atom. The third kappa shape index (κ3) is 5.65. The van der Waals surface area contributed by atoms with E-state index in [1.807, 2.05) is 39.8 Å². The van der Waals surface area contributed by atoms with Gasteiger partial charge in [0.15, 0.2) is 5.76 Å². The number of methoxy groups -OCH3 is 1. The first-order valence-corrected chi connectivity index (χ1v) is 14.6. The summed E-state index contributed by atoms with van der Waals surface area (Å²) >= 11 is 0. The summed E-state index contributed by atoms with van der Waals surface area (Å²) < 4.78 is 39.3. The van der Waals surface area contributed by atoms with E-state index in [0.29, 0.717) is 37.3 Å². The Morgan fingerprint density at radius 3 is 2.10 bits per heavy atom. The molecule has 3 aromatic rings. The molecule has 0 bridgehead atoms. The number of sulfonamides is 1. The van der Waals surface area contributed by atoms with Gasteiger partial charge in [-0.25, -0.2) is 8.42 Å². The molecule has 2 aromatic carbocycles. The van der Waals surface area contributed by atoms with Gasteiger partial charge < -0.3 is 24.7 Å². The molecule has 1 fully saturated rings. The molecule has 3 N–H and O–H groups in total. The van der Waals surface area contributed by atoms with E-state index < -0.39 is 15.5 Å². The van der Waals surface area contributed by atoms with Crippen LogP contribution in [0.15, 0.2) is 61.7 Å². The van der Waals surface area contributed by atoms with Gasteiger partial charge in [-0.05, 0) is 64.8 Å². The van der Waals surface area contributed by atoms with Crippen LogP contribution in [0.4, 0.5) is 0 Å². The molecule has 214 valence electrons. The topological polar surface area (TPSA) is 129 Å². The Labute approximate surface area is 234 Å². The van der Waals surface area contributed by atoms with E-state index >= 15 is 0 Å². The number of hydrogen-bond acceptors (Lipinski definition) is 8. The Hall–Kier alpha value is -3.60. The number of phenolic OH excluding ortho intramolecular Hbond substituents is 2. The summed E-state index contributed by atoms with van der Waals surface area (Å²) in [6, 6.07) is 6.05. The molecular formula is C30H36N2O7S. The first-order valence-electron chi connectivity index (χ1n) is 13.2. The third-order valence-electron chi connectivity index (χ3n) is 6.90. The molecule has 9 nitrogen and oxygen atoms in total. The first kappa shape index (κ1) is 29.4. The number of ether oxygens (including phenoxy) is 1. The van der Waals surface area contributed by atoms with Gasteiger partial charge in [0.05, 0.1) is 12.0 Å². The molecule has 0 unspecified atom stereocenters. The second-order valence-corrected chi connectivity index (χ2v) is 12.2. The normalized spacial score (nSPS) is 14.2. The molecule has 0 saturated carbocycles. The summed E-state index contributed by atoms with van der Waals surface area (Å²) in [5.41, 5.74) is 2.46. The predicted octanol–water partition coefficient (Wildman–Crippen LogP) is 4.49. The van der Waals surface area contributed by atoms with Crippen molar-refractivity contribution < 1.29 is 27.8 Å². The largest absolute Gasteiger partial charge is 0.507 e. The van der Waals surface area contributed by atoms with Gasteiger partial charge in [0.1, 0.15) is 22.5 Å². The highest BCUT2D eigenvalue weighted by Crippen LogP contribution is 2.43. The fourth-order valence-corrected chi connectivity index (χ4v) is 6.12. The summed E-state index contributed by atoms with van der Waals surface area (Å²) in [6.07, 6.45) is 4.25. The summed E-state index contributed by atoms with van der Waals surface area (Å²) in [5.74, 6) is -0.563. The highest BCUT2D eigenvalue weighted by molar-refractivity contribution is 7.89. The number of nitrogens with one attached hydrogen (secondary N) is 1. The van der Waals surface area contributed by atoms with Crippen LogP contribution in [-0.2, 0) is 22.9 Å². The number of fused-ring (bicyclic) bond motifs is 1. The van der Waals surface area contributed by atoms with Crippen LogP contribution in [0.25, 0.3) is 22.3 Å². The van der Waals surface area contributed by atoms with Crippen LogP contribution >= 0.6 is 0 Å². The molecule has 1 aliphatic heterocycles. The van der Waals surface area contributed by atoms with Crippen molar-refractivity contribution in [2.24, 2.45) is 0 Å². The highest BCUT2D eigenvalue weighted by Gasteiger charge is 2.28. The van der Waals surface area contributed by atoms with Crippen molar-refractivity contribution in [2.45, 2.75) is 45.4 Å². The molecule has 0 atom stereocenters. The minimum Gasteiger partial charge on any atom is -0.507 e. The second kappa shape index (κ2) is 11.9. The lowest BCUT2D eigenvalue weighted by molar-refractivity contribution is 0.360. The lowest BCUT2D eigenvalue weighted by Gasteiger charge is -2.26. The number of phenols is 2. The van der Waals surface area contributed by atoms with Crippen LogP contribution in [-0.4, -0.2) is 56.2 Å². The molecule has 0 amide bonds. The standard InChI is InChI=1S/C30H36N2O7S/c1-18(2)6-12-22-25(33)23(13-7-19(3)4)29-24(26(22)34)27(35)30(38-5)28(39-29)20-8-10-21(11-9-20)40(36,37)32-16-14-31-15-17-32/h6-11,31,33-34H,12-17H2,1-5H3. The van der Waals surface area contributed by atoms with E-state index in [2.05, 4.69) is 5.32 Å². The van der Waals surface area contributed by atoms with Crippen molar-refractivity contribution in [3.8, 4) is 28.6 Å². The number of aromatic hydroxyl groups is 2. The molecule has 1 aliphatic rings. The van der Waals surface area contributed by atoms with E-state index in [0.717, 1.165) is 11.1 Å². The molecular weight excluding hydrogens is 532 g/mol. The molecule has 0 spiro atoms. The average Bonchev–Trinajstić information content (AvgIpc) is 2.92. The number of piperazine rings is 1. The molecule has 1 saturated heterocycles. The molecule has 40 heavy (non-hydrogen) atoms. The zero-order chi connectivity index (χ0) is 29.2. The van der Waals surface area contributed by atoms with Crippen LogP contribution < -0.4 is 15.5 Å². The molecule has 0 aliphatic carbocycles. The van der Waals surface area contributed by atoms with Gasteiger partial charge in [-0.15, -0.1) is 0 Å². The van der Waals surface area contributed by atoms with E-state index in [1.165, 1.54) is 23.5 Å². The zero-order valence-electron chi connectivity index (χ0n) is 23.5. The number of hydrogen-bond donors (Lipinski definition) is 3. The maximum absolute atomic E-state index is 13.7. The first-order chi connectivity index (χ1) is 19.0. The van der Waals surface area contributed by atoms with E-state index in [-0.39, 0.29) is 57.3 Å². The van der Waals surface area contributed by atoms with Crippen molar-refractivity contribution in [3.63, 3.8) is 0 Å². The van der Waals surface area contributed by atoms with E-state index in [1.54, 1.807) is 12.1 Å². The zero-order valence-corrected chi connectivity index (χ0v) is 24.3. The SMILES string of the molecule is COc1c(-c2ccc(S(=O)(=O)N3CCNCC3)cc2)oc2c(CC=C(C)C)c(O)c(CC=C(C)C)c(O)c2c1=O. The minimum absolute atomic E-state index is 0.0479. The number of nitrogens with zero attached hydrogens (tertiary/aromatic N) is 1. The lowest BCUT2D eigenvalue weighted by atomic mass is 9.96. The number of rotatable bonds is 8. The fraction of sp³-hybridized carbons (Fsp3) is 0.367. The van der Waals surface area contributed by atoms with Gasteiger partial charge >= 0.3 is 0 Å². The van der Waals surface area contributed by atoms with Crippen molar-refractivity contribution in [1.29, 1.82) is 0 Å². The average molecular weight is 569 g/mol. The van der Waals surface area contributed by atoms with Crippen molar-refractivity contribution in [1.82, 2.24) is 9.62 Å². The summed E-state index contributed by atoms with van der Waals surface area (Å²) in [4.78, 5) is 13.9. The van der Waals surface area contributed by atoms with Crippen molar-refractivity contribution in [2.75, 3.05) is 33.3 Å². The monoisotopic (exact) mass is 568 g/mol. The number of benzene rings is 2. The van der Waals surface area contributed by atoms with Gasteiger partial charge in [-0.3, -0.25) is 4.79 Å². The van der Waals surface area contributed by atoms with Crippen molar-refractivity contribution >= 4 is 21.0 Å². The summed E-state index contributed by atoms with van der Waals surface area (Å²) in [6.45, 7) is 9.59.